The van der Waals surface area contributed by atoms with Crippen molar-refractivity contribution in [3.63, 3.8) is 0 Å². The van der Waals surface area contributed by atoms with Crippen LogP contribution in [0.1, 0.15) is 28.3 Å². The van der Waals surface area contributed by atoms with Gasteiger partial charge in [-0.1, -0.05) is 42.5 Å². The Balaban J connectivity index is 1.56. The maximum atomic E-state index is 6.08. The molecule has 1 aliphatic rings. The Kier molecular flexibility index (Phi) is 7.30. The molecule has 0 spiro atoms. The van der Waals surface area contributed by atoms with Crippen LogP contribution in [0, 0.1) is 0 Å². The molecule has 0 radical (unpaired) electrons. The lowest BCUT2D eigenvalue weighted by molar-refractivity contribution is 0.250. The van der Waals surface area contributed by atoms with E-state index in [4.69, 9.17) is 14.2 Å². The van der Waals surface area contributed by atoms with Crippen LogP contribution >= 0.6 is 0 Å². The number of methoxy groups -OCH3 is 1. The van der Waals surface area contributed by atoms with E-state index >= 15 is 0 Å². The van der Waals surface area contributed by atoms with Gasteiger partial charge in [0, 0.05) is 13.1 Å². The molecule has 32 heavy (non-hydrogen) atoms. The van der Waals surface area contributed by atoms with Gasteiger partial charge in [0.15, 0.2) is 11.5 Å². The van der Waals surface area contributed by atoms with Crippen LogP contribution < -0.4 is 19.5 Å². The van der Waals surface area contributed by atoms with Crippen molar-refractivity contribution in [2.45, 2.75) is 19.1 Å². The number of ether oxygens (including phenoxy) is 3. The van der Waals surface area contributed by atoms with Crippen LogP contribution in [0.25, 0.3) is 0 Å². The fraction of sp³-hybridized carbons (Fsp3) is 0.333. The van der Waals surface area contributed by atoms with Crippen LogP contribution in [0.2, 0.25) is 0 Å². The van der Waals surface area contributed by atoms with Gasteiger partial charge in [-0.05, 0) is 67.0 Å². The van der Waals surface area contributed by atoms with E-state index in [-0.39, 0.29) is 6.04 Å². The minimum atomic E-state index is 0.0844. The summed E-state index contributed by atoms with van der Waals surface area (Å²) in [6, 6.07) is 22.9. The monoisotopic (exact) mass is 432 g/mol. The van der Waals surface area contributed by atoms with Crippen LogP contribution in [0.3, 0.4) is 0 Å². The van der Waals surface area contributed by atoms with Gasteiger partial charge in [0.05, 0.1) is 13.2 Å². The van der Waals surface area contributed by atoms with Crippen LogP contribution in [0.15, 0.2) is 66.7 Å². The van der Waals surface area contributed by atoms with Gasteiger partial charge >= 0.3 is 0 Å². The highest BCUT2D eigenvalue weighted by molar-refractivity contribution is 5.52. The van der Waals surface area contributed by atoms with Crippen LogP contribution in [-0.2, 0) is 13.0 Å². The van der Waals surface area contributed by atoms with Crippen molar-refractivity contribution >= 4 is 0 Å². The molecular weight excluding hydrogens is 400 g/mol. The summed E-state index contributed by atoms with van der Waals surface area (Å²) >= 11 is 0. The Morgan fingerprint density at radius 1 is 0.938 bits per heavy atom. The molecule has 0 bridgehead atoms. The summed E-state index contributed by atoms with van der Waals surface area (Å²) < 4.78 is 17.8. The Bertz CT molecular complexity index is 1020. The molecule has 0 amide bonds. The Labute approximate surface area is 190 Å². The highest BCUT2D eigenvalue weighted by atomic mass is 16.5. The number of fused-ring (bicyclic) bond motifs is 1. The molecule has 0 fully saturated rings. The lowest BCUT2D eigenvalue weighted by Crippen LogP contribution is -2.30. The van der Waals surface area contributed by atoms with Gasteiger partial charge in [0.25, 0.3) is 0 Å². The summed E-state index contributed by atoms with van der Waals surface area (Å²) in [6.45, 7) is 2.93. The number of hydrogen-bond acceptors (Lipinski definition) is 5. The van der Waals surface area contributed by atoms with E-state index in [1.807, 2.05) is 38.4 Å². The summed E-state index contributed by atoms with van der Waals surface area (Å²) in [5.74, 6) is 2.46. The predicted molar refractivity (Wildman–Crippen MR) is 128 cm³/mol. The zero-order valence-electron chi connectivity index (χ0n) is 19.1. The van der Waals surface area contributed by atoms with Crippen LogP contribution in [0.5, 0.6) is 17.2 Å². The van der Waals surface area contributed by atoms with E-state index < -0.39 is 0 Å². The average Bonchev–Trinajstić information content (AvgIpc) is 2.82. The third-order valence-corrected chi connectivity index (χ3v) is 5.72. The van der Waals surface area contributed by atoms with E-state index in [1.54, 1.807) is 7.11 Å². The molecule has 0 saturated heterocycles. The van der Waals surface area contributed by atoms with Crippen LogP contribution in [-0.4, -0.2) is 45.8 Å². The molecule has 1 heterocycles. The first-order valence-corrected chi connectivity index (χ1v) is 11.1. The smallest absolute Gasteiger partial charge is 0.161 e. The lowest BCUT2D eigenvalue weighted by atomic mass is 9.89. The average molecular weight is 433 g/mol. The number of nitrogens with one attached hydrogen (secondary N) is 1. The molecule has 0 aromatic heterocycles. The number of rotatable bonds is 9. The first-order valence-electron chi connectivity index (χ1n) is 11.1. The van der Waals surface area contributed by atoms with E-state index in [0.717, 1.165) is 42.3 Å². The molecule has 168 valence electrons. The summed E-state index contributed by atoms with van der Waals surface area (Å²) in [7, 11) is 5.78. The topological polar surface area (TPSA) is 43.0 Å². The van der Waals surface area contributed by atoms with Crippen molar-refractivity contribution in [1.29, 1.82) is 0 Å². The Morgan fingerprint density at radius 3 is 2.56 bits per heavy atom. The fourth-order valence-corrected chi connectivity index (χ4v) is 4.00. The van der Waals surface area contributed by atoms with Crippen molar-refractivity contribution in [1.82, 2.24) is 10.2 Å². The maximum absolute atomic E-state index is 6.08. The molecule has 1 N–H and O–H groups in total. The summed E-state index contributed by atoms with van der Waals surface area (Å²) in [6.07, 6.45) is 0.963. The second kappa shape index (κ2) is 10.5. The number of likely N-dealkylation sites (N-methyl/N-ethyl adjacent to an activating group) is 1. The maximum Gasteiger partial charge on any atom is 0.161 e. The molecule has 3 aromatic carbocycles. The molecular formula is C27H32N2O3. The third kappa shape index (κ3) is 5.42. The van der Waals surface area contributed by atoms with Gasteiger partial charge in [-0.25, -0.2) is 0 Å². The highest BCUT2D eigenvalue weighted by Crippen LogP contribution is 2.38. The molecule has 0 aliphatic carbocycles. The molecule has 1 aliphatic heterocycles. The zero-order chi connectivity index (χ0) is 22.3. The lowest BCUT2D eigenvalue weighted by Gasteiger charge is -2.29. The minimum absolute atomic E-state index is 0.0844. The standard InChI is InChI=1S/C27H32N2O3/c1-29(2)14-15-31-26-18-24-21(17-25(26)30-3)12-13-28-27(24)22-10-7-11-23(16-22)32-19-20-8-5-4-6-9-20/h4-11,16-18,27-28H,12-15,19H2,1-3H3. The zero-order valence-corrected chi connectivity index (χ0v) is 19.1. The normalized spacial score (nSPS) is 15.3. The van der Waals surface area contributed by atoms with E-state index in [9.17, 15) is 0 Å². The molecule has 1 unspecified atom stereocenters. The molecule has 4 rings (SSSR count). The van der Waals surface area contributed by atoms with Gasteiger partial charge in [-0.3, -0.25) is 0 Å². The van der Waals surface area contributed by atoms with Crippen molar-refractivity contribution in [3.05, 3.63) is 89.0 Å². The van der Waals surface area contributed by atoms with Gasteiger partial charge < -0.3 is 24.4 Å². The first kappa shape index (κ1) is 22.2. The van der Waals surface area contributed by atoms with Crippen molar-refractivity contribution < 1.29 is 14.2 Å². The van der Waals surface area contributed by atoms with Crippen molar-refractivity contribution in [3.8, 4) is 17.2 Å². The van der Waals surface area contributed by atoms with Crippen LogP contribution in [0.4, 0.5) is 0 Å². The largest absolute Gasteiger partial charge is 0.493 e. The van der Waals surface area contributed by atoms with Crippen molar-refractivity contribution in [2.75, 3.05) is 40.9 Å². The fourth-order valence-electron chi connectivity index (χ4n) is 4.00. The van der Waals surface area contributed by atoms with Crippen molar-refractivity contribution in [2.24, 2.45) is 0 Å². The third-order valence-electron chi connectivity index (χ3n) is 5.72. The van der Waals surface area contributed by atoms with Gasteiger partial charge in [-0.15, -0.1) is 0 Å². The second-order valence-corrected chi connectivity index (χ2v) is 8.34. The summed E-state index contributed by atoms with van der Waals surface area (Å²) in [5.41, 5.74) is 4.87. The number of nitrogens with zero attached hydrogens (tertiary/aromatic N) is 1. The molecule has 1 atom stereocenters. The Morgan fingerprint density at radius 2 is 1.78 bits per heavy atom. The highest BCUT2D eigenvalue weighted by Gasteiger charge is 2.24. The van der Waals surface area contributed by atoms with E-state index in [1.165, 1.54) is 16.7 Å². The molecule has 5 heteroatoms. The predicted octanol–water partition coefficient (Wildman–Crippen LogP) is 4.45. The Hall–Kier alpha value is -3.02. The van der Waals surface area contributed by atoms with E-state index in [2.05, 4.69) is 52.7 Å². The quantitative estimate of drug-likeness (QED) is 0.541. The summed E-state index contributed by atoms with van der Waals surface area (Å²) in [5, 5.41) is 3.67. The number of hydrogen-bond donors (Lipinski definition) is 1. The molecule has 3 aromatic rings. The molecule has 0 saturated carbocycles. The van der Waals surface area contributed by atoms with Gasteiger partial charge in [-0.2, -0.15) is 0 Å². The first-order chi connectivity index (χ1) is 15.6. The molecule has 5 nitrogen and oxygen atoms in total. The van der Waals surface area contributed by atoms with Gasteiger partial charge in [0.2, 0.25) is 0 Å². The summed E-state index contributed by atoms with van der Waals surface area (Å²) in [4.78, 5) is 2.11. The second-order valence-electron chi connectivity index (χ2n) is 8.34. The van der Waals surface area contributed by atoms with E-state index in [0.29, 0.717) is 13.2 Å². The number of benzene rings is 3. The minimum Gasteiger partial charge on any atom is -0.493 e. The SMILES string of the molecule is COc1cc2c(cc1OCCN(C)C)C(c1cccc(OCc3ccccc3)c1)NCC2. The van der Waals surface area contributed by atoms with Gasteiger partial charge in [0.1, 0.15) is 19.0 Å².